The highest BCUT2D eigenvalue weighted by Crippen LogP contribution is 2.24. The number of rotatable bonds is 6. The van der Waals surface area contributed by atoms with E-state index in [2.05, 4.69) is 0 Å². The zero-order chi connectivity index (χ0) is 17.9. The fraction of sp³-hybridized carbons (Fsp3) is 0.375. The van der Waals surface area contributed by atoms with E-state index < -0.39 is 24.4 Å². The molecule has 8 nitrogen and oxygen atoms in total. The minimum atomic E-state index is -1.00. The second-order valence-corrected chi connectivity index (χ2v) is 5.08. The molecule has 1 aliphatic rings. The number of imide groups is 2. The zero-order valence-corrected chi connectivity index (χ0v) is 13.8. The van der Waals surface area contributed by atoms with Gasteiger partial charge in [-0.1, -0.05) is 0 Å². The maximum absolute atomic E-state index is 12.4. The Hall–Kier alpha value is -2.90. The molecule has 0 unspecified atom stereocenters. The normalized spacial score (nSPS) is 14.4. The van der Waals surface area contributed by atoms with Gasteiger partial charge in [-0.05, 0) is 38.1 Å². The van der Waals surface area contributed by atoms with Crippen LogP contribution in [0.2, 0.25) is 0 Å². The molecule has 2 rings (SSSR count). The van der Waals surface area contributed by atoms with Crippen molar-refractivity contribution in [2.45, 2.75) is 13.8 Å². The number of urea groups is 1. The van der Waals surface area contributed by atoms with E-state index in [1.807, 2.05) is 0 Å². The molecule has 0 saturated carbocycles. The van der Waals surface area contributed by atoms with Crippen molar-refractivity contribution in [1.82, 2.24) is 9.80 Å². The van der Waals surface area contributed by atoms with Crippen molar-refractivity contribution >= 4 is 29.4 Å². The molecule has 5 amide bonds. The van der Waals surface area contributed by atoms with Crippen molar-refractivity contribution in [1.29, 1.82) is 0 Å². The van der Waals surface area contributed by atoms with Gasteiger partial charge in [0, 0.05) is 13.1 Å². The summed E-state index contributed by atoms with van der Waals surface area (Å²) < 4.78 is 5.02. The average molecular weight is 333 g/mol. The first-order valence-corrected chi connectivity index (χ1v) is 7.56. The van der Waals surface area contributed by atoms with E-state index in [9.17, 15) is 19.2 Å². The number of carbonyl (C=O) groups excluding carboxylic acids is 4. The van der Waals surface area contributed by atoms with Gasteiger partial charge in [-0.2, -0.15) is 0 Å². The fourth-order valence-corrected chi connectivity index (χ4v) is 2.42. The van der Waals surface area contributed by atoms with Crippen LogP contribution in [-0.4, -0.2) is 60.3 Å². The third kappa shape index (κ3) is 3.08. The highest BCUT2D eigenvalue weighted by Gasteiger charge is 2.46. The van der Waals surface area contributed by atoms with Crippen LogP contribution in [0.1, 0.15) is 13.8 Å². The van der Waals surface area contributed by atoms with E-state index in [-0.39, 0.29) is 11.6 Å². The number of amides is 5. The number of carbonyl (C=O) groups is 4. The molecule has 1 aromatic carbocycles. The Bertz CT molecular complexity index is 667. The fourth-order valence-electron chi connectivity index (χ4n) is 2.42. The lowest BCUT2D eigenvalue weighted by atomic mass is 10.3. The number of benzene rings is 1. The molecule has 1 aliphatic heterocycles. The maximum atomic E-state index is 12.4. The average Bonchev–Trinajstić information content (AvgIpc) is 2.80. The summed E-state index contributed by atoms with van der Waals surface area (Å²) >= 11 is 0. The lowest BCUT2D eigenvalue weighted by molar-refractivity contribution is -0.142. The predicted molar refractivity (Wildman–Crippen MR) is 85.5 cm³/mol. The van der Waals surface area contributed by atoms with Crippen LogP contribution in [0.5, 0.6) is 5.75 Å². The molecular weight excluding hydrogens is 314 g/mol. The van der Waals surface area contributed by atoms with Gasteiger partial charge in [0.05, 0.1) is 12.8 Å². The Morgan fingerprint density at radius 3 is 2.12 bits per heavy atom. The molecule has 0 aliphatic carbocycles. The second kappa shape index (κ2) is 7.12. The van der Waals surface area contributed by atoms with E-state index in [0.717, 1.165) is 4.90 Å². The van der Waals surface area contributed by atoms with Gasteiger partial charge in [-0.25, -0.2) is 14.6 Å². The predicted octanol–water partition coefficient (Wildman–Crippen LogP) is 0.859. The minimum absolute atomic E-state index is 0.247. The van der Waals surface area contributed by atoms with E-state index in [4.69, 9.17) is 4.74 Å². The lowest BCUT2D eigenvalue weighted by Crippen LogP contribution is -2.43. The largest absolute Gasteiger partial charge is 0.497 e. The zero-order valence-electron chi connectivity index (χ0n) is 13.8. The number of ether oxygens (including phenoxy) is 1. The van der Waals surface area contributed by atoms with Gasteiger partial charge < -0.3 is 9.64 Å². The van der Waals surface area contributed by atoms with Gasteiger partial charge in [-0.3, -0.25) is 14.4 Å². The highest BCUT2D eigenvalue weighted by atomic mass is 16.5. The van der Waals surface area contributed by atoms with Crippen molar-refractivity contribution in [3.63, 3.8) is 0 Å². The van der Waals surface area contributed by atoms with Crippen molar-refractivity contribution in [2.24, 2.45) is 0 Å². The van der Waals surface area contributed by atoms with E-state index in [1.54, 1.807) is 26.0 Å². The summed E-state index contributed by atoms with van der Waals surface area (Å²) in [5.41, 5.74) is 0.247. The quantitative estimate of drug-likeness (QED) is 0.569. The van der Waals surface area contributed by atoms with Gasteiger partial charge in [0.25, 0.3) is 0 Å². The number of hydrogen-bond donors (Lipinski definition) is 0. The van der Waals surface area contributed by atoms with E-state index in [1.165, 1.54) is 24.1 Å². The maximum Gasteiger partial charge on any atom is 0.339 e. The van der Waals surface area contributed by atoms with Crippen LogP contribution in [0, 0.1) is 0 Å². The van der Waals surface area contributed by atoms with Crippen LogP contribution in [0.3, 0.4) is 0 Å². The van der Waals surface area contributed by atoms with Crippen LogP contribution in [-0.2, 0) is 14.4 Å². The molecule has 0 radical (unpaired) electrons. The third-order valence-corrected chi connectivity index (χ3v) is 3.79. The second-order valence-electron chi connectivity index (χ2n) is 5.08. The van der Waals surface area contributed by atoms with Crippen LogP contribution in [0.15, 0.2) is 24.3 Å². The minimum Gasteiger partial charge on any atom is -0.497 e. The van der Waals surface area contributed by atoms with Gasteiger partial charge >= 0.3 is 17.8 Å². The van der Waals surface area contributed by atoms with Crippen molar-refractivity contribution < 1.29 is 23.9 Å². The summed E-state index contributed by atoms with van der Waals surface area (Å²) in [5, 5.41) is 0. The number of anilines is 1. The molecule has 1 heterocycles. The number of methoxy groups -OCH3 is 1. The standard InChI is InChI=1S/C16H19N3O5/c1-4-17(5-2)13(20)10-18-14(21)15(22)19(16(18)23)11-6-8-12(24-3)9-7-11/h6-9H,4-5,10H2,1-3H3. The van der Waals surface area contributed by atoms with Crippen molar-refractivity contribution in [3.05, 3.63) is 24.3 Å². The first-order chi connectivity index (χ1) is 11.4. The monoisotopic (exact) mass is 333 g/mol. The number of nitrogens with zero attached hydrogens (tertiary/aromatic N) is 3. The molecule has 24 heavy (non-hydrogen) atoms. The summed E-state index contributed by atoms with van der Waals surface area (Å²) in [6.45, 7) is 4.06. The summed E-state index contributed by atoms with van der Waals surface area (Å²) in [6, 6.07) is 5.32. The molecular formula is C16H19N3O5. The van der Waals surface area contributed by atoms with Crippen molar-refractivity contribution in [2.75, 3.05) is 31.6 Å². The van der Waals surface area contributed by atoms with Gasteiger partial charge in [0.1, 0.15) is 12.3 Å². The highest BCUT2D eigenvalue weighted by molar-refractivity contribution is 6.53. The Balaban J connectivity index is 2.22. The molecule has 128 valence electrons. The van der Waals surface area contributed by atoms with Gasteiger partial charge in [0.15, 0.2) is 0 Å². The van der Waals surface area contributed by atoms with Crippen LogP contribution >= 0.6 is 0 Å². The Labute approximate surface area is 139 Å². The molecule has 0 atom stereocenters. The lowest BCUT2D eigenvalue weighted by Gasteiger charge is -2.21. The van der Waals surface area contributed by atoms with E-state index >= 15 is 0 Å². The summed E-state index contributed by atoms with van der Waals surface area (Å²) in [4.78, 5) is 51.7. The smallest absolute Gasteiger partial charge is 0.339 e. The summed E-state index contributed by atoms with van der Waals surface area (Å²) in [6.07, 6.45) is 0. The molecule has 1 saturated heterocycles. The molecule has 0 N–H and O–H groups in total. The first kappa shape index (κ1) is 17.5. The van der Waals surface area contributed by atoms with Gasteiger partial charge in [0.2, 0.25) is 5.91 Å². The molecule has 0 bridgehead atoms. The summed E-state index contributed by atoms with van der Waals surface area (Å²) in [5.74, 6) is -1.81. The van der Waals surface area contributed by atoms with Crippen LogP contribution in [0.25, 0.3) is 0 Å². The molecule has 0 spiro atoms. The summed E-state index contributed by atoms with van der Waals surface area (Å²) in [7, 11) is 1.49. The third-order valence-electron chi connectivity index (χ3n) is 3.79. The Morgan fingerprint density at radius 2 is 1.62 bits per heavy atom. The number of hydrogen-bond acceptors (Lipinski definition) is 5. The van der Waals surface area contributed by atoms with Gasteiger partial charge in [-0.15, -0.1) is 0 Å². The molecule has 0 aromatic heterocycles. The van der Waals surface area contributed by atoms with Crippen molar-refractivity contribution in [3.8, 4) is 5.75 Å². The van der Waals surface area contributed by atoms with E-state index in [0.29, 0.717) is 23.7 Å². The molecule has 8 heteroatoms. The topological polar surface area (TPSA) is 87.2 Å². The first-order valence-electron chi connectivity index (χ1n) is 7.56. The SMILES string of the molecule is CCN(CC)C(=O)CN1C(=O)C(=O)N(c2ccc(OC)cc2)C1=O. The van der Waals surface area contributed by atoms with Crippen LogP contribution < -0.4 is 9.64 Å². The Kier molecular flexibility index (Phi) is 5.18. The number of likely N-dealkylation sites (N-methyl/N-ethyl adjacent to an activating group) is 1. The molecule has 1 fully saturated rings. The van der Waals surface area contributed by atoms with Crippen LogP contribution in [0.4, 0.5) is 10.5 Å². The Morgan fingerprint density at radius 1 is 1.04 bits per heavy atom. The molecule has 1 aromatic rings.